The van der Waals surface area contributed by atoms with E-state index in [9.17, 15) is 8.78 Å². The molecule has 1 aliphatic heterocycles. The van der Waals surface area contributed by atoms with Gasteiger partial charge in [-0.05, 0) is 46.3 Å². The fourth-order valence-corrected chi connectivity index (χ4v) is 3.17. The number of thioether (sulfide) groups is 1. The van der Waals surface area contributed by atoms with Gasteiger partial charge in [0.15, 0.2) is 0 Å². The minimum Gasteiger partial charge on any atom is -0.238 e. The molecule has 0 atom stereocenters. The van der Waals surface area contributed by atoms with E-state index < -0.39 is 11.6 Å². The quantitative estimate of drug-likeness (QED) is 0.733. The van der Waals surface area contributed by atoms with Gasteiger partial charge in [0.2, 0.25) is 5.95 Å². The minimum atomic E-state index is -1.54. The van der Waals surface area contributed by atoms with Crippen molar-refractivity contribution in [3.05, 3.63) is 28.2 Å². The number of hydrogen-bond donors (Lipinski definition) is 0. The standard InChI is InChI=1S/C10H10BrF2NS/c11-7-5-8(9(12)14-6-7)10(13)1-3-15-4-2-10/h5-6H,1-4H2. The van der Waals surface area contributed by atoms with Gasteiger partial charge in [-0.15, -0.1) is 0 Å². The van der Waals surface area contributed by atoms with E-state index in [1.165, 1.54) is 12.3 Å². The highest BCUT2D eigenvalue weighted by molar-refractivity contribution is 9.10. The van der Waals surface area contributed by atoms with Gasteiger partial charge in [-0.1, -0.05) is 0 Å². The summed E-state index contributed by atoms with van der Waals surface area (Å²) in [6.07, 6.45) is 2.08. The maximum Gasteiger partial charge on any atom is 0.219 e. The normalized spacial score (nSPS) is 20.2. The zero-order valence-corrected chi connectivity index (χ0v) is 10.4. The largest absolute Gasteiger partial charge is 0.238 e. The van der Waals surface area contributed by atoms with Crippen LogP contribution in [0.3, 0.4) is 0 Å². The number of pyridine rings is 1. The molecule has 2 rings (SSSR count). The van der Waals surface area contributed by atoms with Gasteiger partial charge in [0.1, 0.15) is 5.67 Å². The average Bonchev–Trinajstić information content (AvgIpc) is 2.23. The third kappa shape index (κ3) is 2.33. The van der Waals surface area contributed by atoms with Crippen molar-refractivity contribution < 1.29 is 8.78 Å². The van der Waals surface area contributed by atoms with Gasteiger partial charge in [0.05, 0.1) is 0 Å². The molecule has 15 heavy (non-hydrogen) atoms. The summed E-state index contributed by atoms with van der Waals surface area (Å²) < 4.78 is 28.5. The first-order chi connectivity index (χ1) is 7.12. The molecule has 1 aliphatic rings. The molecule has 1 aromatic heterocycles. The second-order valence-corrected chi connectivity index (χ2v) is 5.71. The lowest BCUT2D eigenvalue weighted by molar-refractivity contribution is 0.144. The lowest BCUT2D eigenvalue weighted by Crippen LogP contribution is -2.27. The first-order valence-electron chi connectivity index (χ1n) is 4.70. The molecule has 0 N–H and O–H groups in total. The Bertz CT molecular complexity index is 366. The lowest BCUT2D eigenvalue weighted by atomic mass is 9.91. The summed E-state index contributed by atoms with van der Waals surface area (Å²) in [5, 5.41) is 0. The number of hydrogen-bond acceptors (Lipinski definition) is 2. The van der Waals surface area contributed by atoms with Crippen molar-refractivity contribution in [2.24, 2.45) is 0 Å². The number of rotatable bonds is 1. The van der Waals surface area contributed by atoms with Crippen LogP contribution in [0, 0.1) is 5.95 Å². The highest BCUT2D eigenvalue weighted by Gasteiger charge is 2.37. The molecule has 0 saturated carbocycles. The summed E-state index contributed by atoms with van der Waals surface area (Å²) >= 11 is 4.89. The maximum atomic E-state index is 14.4. The monoisotopic (exact) mass is 293 g/mol. The van der Waals surface area contributed by atoms with Gasteiger partial charge in [-0.2, -0.15) is 16.2 Å². The van der Waals surface area contributed by atoms with Crippen molar-refractivity contribution in [3.63, 3.8) is 0 Å². The Balaban J connectivity index is 2.38. The van der Waals surface area contributed by atoms with E-state index in [2.05, 4.69) is 20.9 Å². The molecule has 1 aromatic rings. The Hall–Kier alpha value is -0.160. The summed E-state index contributed by atoms with van der Waals surface area (Å²) in [5.74, 6) is 0.790. The van der Waals surface area contributed by atoms with Crippen LogP contribution in [-0.2, 0) is 5.67 Å². The molecule has 0 amide bonds. The molecule has 5 heteroatoms. The van der Waals surface area contributed by atoms with Gasteiger partial charge in [0.25, 0.3) is 0 Å². The SMILES string of the molecule is Fc1ncc(Br)cc1C1(F)CCSCC1. The van der Waals surface area contributed by atoms with Crippen LogP contribution < -0.4 is 0 Å². The van der Waals surface area contributed by atoms with Crippen LogP contribution in [0.5, 0.6) is 0 Å². The van der Waals surface area contributed by atoms with Gasteiger partial charge >= 0.3 is 0 Å². The van der Waals surface area contributed by atoms with Crippen molar-refractivity contribution in [3.8, 4) is 0 Å². The van der Waals surface area contributed by atoms with Gasteiger partial charge in [-0.25, -0.2) is 9.37 Å². The van der Waals surface area contributed by atoms with Crippen molar-refractivity contribution in [1.29, 1.82) is 0 Å². The zero-order valence-electron chi connectivity index (χ0n) is 7.97. The number of alkyl halides is 1. The number of nitrogens with zero attached hydrogens (tertiary/aromatic N) is 1. The molecule has 0 spiro atoms. The van der Waals surface area contributed by atoms with Crippen LogP contribution in [0.4, 0.5) is 8.78 Å². The Labute approximate surface area is 99.8 Å². The molecular weight excluding hydrogens is 284 g/mol. The van der Waals surface area contributed by atoms with E-state index in [4.69, 9.17) is 0 Å². The van der Waals surface area contributed by atoms with Crippen LogP contribution in [0.15, 0.2) is 16.7 Å². The van der Waals surface area contributed by atoms with E-state index in [1.54, 1.807) is 11.8 Å². The molecule has 0 aromatic carbocycles. The van der Waals surface area contributed by atoms with Crippen LogP contribution in [0.25, 0.3) is 0 Å². The third-order valence-corrected chi connectivity index (χ3v) is 3.99. The van der Waals surface area contributed by atoms with E-state index in [0.717, 1.165) is 11.5 Å². The topological polar surface area (TPSA) is 12.9 Å². The zero-order chi connectivity index (χ0) is 10.9. The predicted octanol–water partition coefficient (Wildman–Crippen LogP) is 3.68. The Morgan fingerprint density at radius 3 is 2.73 bits per heavy atom. The van der Waals surface area contributed by atoms with Crippen LogP contribution in [0.1, 0.15) is 18.4 Å². The molecule has 0 radical (unpaired) electrons. The average molecular weight is 294 g/mol. The molecule has 82 valence electrons. The first kappa shape index (κ1) is 11.3. The molecule has 1 nitrogen and oxygen atoms in total. The second kappa shape index (κ2) is 4.37. The van der Waals surface area contributed by atoms with Crippen LogP contribution in [0.2, 0.25) is 0 Å². The van der Waals surface area contributed by atoms with Gasteiger partial charge in [-0.3, -0.25) is 0 Å². The Kier molecular flexibility index (Phi) is 3.30. The summed E-state index contributed by atoms with van der Waals surface area (Å²) in [4.78, 5) is 3.54. The second-order valence-electron chi connectivity index (χ2n) is 3.57. The Morgan fingerprint density at radius 1 is 1.40 bits per heavy atom. The maximum absolute atomic E-state index is 14.4. The van der Waals surface area contributed by atoms with E-state index in [0.29, 0.717) is 17.3 Å². The van der Waals surface area contributed by atoms with Gasteiger partial charge < -0.3 is 0 Å². The predicted molar refractivity (Wildman–Crippen MR) is 61.2 cm³/mol. The number of aromatic nitrogens is 1. The first-order valence-corrected chi connectivity index (χ1v) is 6.65. The highest BCUT2D eigenvalue weighted by Crippen LogP contribution is 2.40. The van der Waals surface area contributed by atoms with Gasteiger partial charge in [0, 0.05) is 16.2 Å². The summed E-state index contributed by atoms with van der Waals surface area (Å²) in [5.41, 5.74) is -1.44. The molecule has 1 saturated heterocycles. The minimum absolute atomic E-state index is 0.0946. The van der Waals surface area contributed by atoms with E-state index in [-0.39, 0.29) is 5.56 Å². The lowest BCUT2D eigenvalue weighted by Gasteiger charge is -2.29. The highest BCUT2D eigenvalue weighted by atomic mass is 79.9. The molecular formula is C10H10BrF2NS. The molecule has 2 heterocycles. The molecule has 1 fully saturated rings. The summed E-state index contributed by atoms with van der Waals surface area (Å²) in [6.45, 7) is 0. The van der Waals surface area contributed by atoms with Crippen molar-refractivity contribution in [2.45, 2.75) is 18.5 Å². The molecule has 0 bridgehead atoms. The molecule has 0 aliphatic carbocycles. The van der Waals surface area contributed by atoms with Crippen molar-refractivity contribution >= 4 is 27.7 Å². The third-order valence-electron chi connectivity index (χ3n) is 2.57. The van der Waals surface area contributed by atoms with Crippen LogP contribution in [-0.4, -0.2) is 16.5 Å². The number of halogens is 3. The van der Waals surface area contributed by atoms with Crippen molar-refractivity contribution in [2.75, 3.05) is 11.5 Å². The molecule has 0 unspecified atom stereocenters. The van der Waals surface area contributed by atoms with Crippen LogP contribution >= 0.6 is 27.7 Å². The smallest absolute Gasteiger partial charge is 0.219 e. The summed E-state index contributed by atoms with van der Waals surface area (Å²) in [7, 11) is 0. The van der Waals surface area contributed by atoms with E-state index in [1.807, 2.05) is 0 Å². The fourth-order valence-electron chi connectivity index (χ4n) is 1.70. The van der Waals surface area contributed by atoms with Crippen molar-refractivity contribution in [1.82, 2.24) is 4.98 Å². The summed E-state index contributed by atoms with van der Waals surface area (Å²) in [6, 6.07) is 1.50. The fraction of sp³-hybridized carbons (Fsp3) is 0.500. The van der Waals surface area contributed by atoms with E-state index >= 15 is 0 Å². The Morgan fingerprint density at radius 2 is 2.07 bits per heavy atom.